The van der Waals surface area contributed by atoms with Crippen LogP contribution in [0.4, 0.5) is 0 Å². The number of methoxy groups -OCH3 is 1. The lowest BCUT2D eigenvalue weighted by molar-refractivity contribution is 0.157. The van der Waals surface area contributed by atoms with Crippen LogP contribution in [-0.4, -0.2) is 44.7 Å². The van der Waals surface area contributed by atoms with Gasteiger partial charge in [-0.3, -0.25) is 4.99 Å². The second kappa shape index (κ2) is 9.97. The summed E-state index contributed by atoms with van der Waals surface area (Å²) in [5.74, 6) is 2.45. The van der Waals surface area contributed by atoms with E-state index in [1.165, 1.54) is 5.56 Å². The summed E-state index contributed by atoms with van der Waals surface area (Å²) in [5, 5.41) is 3.47. The Labute approximate surface area is 162 Å². The summed E-state index contributed by atoms with van der Waals surface area (Å²) in [6.07, 6.45) is 1.16. The number of ether oxygens (including phenoxy) is 2. The van der Waals surface area contributed by atoms with Crippen LogP contribution in [0.5, 0.6) is 5.75 Å². The maximum atomic E-state index is 5.79. The van der Waals surface area contributed by atoms with E-state index in [1.54, 1.807) is 7.11 Å². The highest BCUT2D eigenvalue weighted by molar-refractivity contribution is 5.80. The number of para-hydroxylation sites is 1. The fraction of sp³-hybridized carbons (Fsp3) is 0.409. The predicted octanol–water partition coefficient (Wildman–Crippen LogP) is 3.31. The Morgan fingerprint density at radius 3 is 2.56 bits per heavy atom. The standard InChI is InChI=1S/C22H29N3O2/c1-23-22(25-13-12-20(15-25)16-26-2)24-14-18-8-10-19(11-9-18)17-27-21-6-4-3-5-7-21/h3-11,20H,12-17H2,1-2H3,(H,23,24). The summed E-state index contributed by atoms with van der Waals surface area (Å²) in [7, 11) is 3.61. The van der Waals surface area contributed by atoms with Crippen molar-refractivity contribution >= 4 is 5.96 Å². The Balaban J connectivity index is 1.46. The highest BCUT2D eigenvalue weighted by Crippen LogP contribution is 2.17. The van der Waals surface area contributed by atoms with Gasteiger partial charge in [-0.05, 0) is 29.7 Å². The van der Waals surface area contributed by atoms with Crippen molar-refractivity contribution in [3.8, 4) is 5.75 Å². The van der Waals surface area contributed by atoms with Gasteiger partial charge in [0.25, 0.3) is 0 Å². The number of guanidine groups is 1. The zero-order chi connectivity index (χ0) is 18.9. The van der Waals surface area contributed by atoms with Crippen molar-refractivity contribution in [3.05, 3.63) is 65.7 Å². The van der Waals surface area contributed by atoms with Gasteiger partial charge in [-0.1, -0.05) is 42.5 Å². The predicted molar refractivity (Wildman–Crippen MR) is 109 cm³/mol. The molecule has 5 heteroatoms. The lowest BCUT2D eigenvalue weighted by Gasteiger charge is -2.21. The van der Waals surface area contributed by atoms with Gasteiger partial charge in [0.1, 0.15) is 12.4 Å². The number of nitrogens with one attached hydrogen (secondary N) is 1. The molecule has 1 heterocycles. The Morgan fingerprint density at radius 2 is 1.85 bits per heavy atom. The highest BCUT2D eigenvalue weighted by atomic mass is 16.5. The molecule has 0 amide bonds. The fourth-order valence-corrected chi connectivity index (χ4v) is 3.35. The van der Waals surface area contributed by atoms with Crippen molar-refractivity contribution in [2.45, 2.75) is 19.6 Å². The summed E-state index contributed by atoms with van der Waals surface area (Å²) in [6, 6.07) is 18.4. The van der Waals surface area contributed by atoms with Crippen LogP contribution in [-0.2, 0) is 17.9 Å². The third kappa shape index (κ3) is 5.73. The molecule has 5 nitrogen and oxygen atoms in total. The Morgan fingerprint density at radius 1 is 1.11 bits per heavy atom. The van der Waals surface area contributed by atoms with Gasteiger partial charge in [-0.25, -0.2) is 0 Å². The van der Waals surface area contributed by atoms with E-state index in [-0.39, 0.29) is 0 Å². The first-order valence-electron chi connectivity index (χ1n) is 9.48. The van der Waals surface area contributed by atoms with E-state index in [4.69, 9.17) is 9.47 Å². The molecule has 0 radical (unpaired) electrons. The SMILES string of the molecule is CN=C(NCc1ccc(COc2ccccc2)cc1)N1CCC(COC)C1. The quantitative estimate of drug-likeness (QED) is 0.602. The molecule has 1 N–H and O–H groups in total. The molecule has 1 fully saturated rings. The monoisotopic (exact) mass is 367 g/mol. The number of benzene rings is 2. The van der Waals surface area contributed by atoms with E-state index in [2.05, 4.69) is 39.5 Å². The lowest BCUT2D eigenvalue weighted by Crippen LogP contribution is -2.39. The number of rotatable bonds is 7. The molecule has 27 heavy (non-hydrogen) atoms. The highest BCUT2D eigenvalue weighted by Gasteiger charge is 2.24. The average Bonchev–Trinajstić information content (AvgIpc) is 3.17. The molecule has 0 spiro atoms. The van der Waals surface area contributed by atoms with Crippen molar-refractivity contribution in [2.75, 3.05) is 33.9 Å². The number of nitrogens with zero attached hydrogens (tertiary/aromatic N) is 2. The van der Waals surface area contributed by atoms with Crippen LogP contribution in [0.2, 0.25) is 0 Å². The second-order valence-electron chi connectivity index (χ2n) is 6.88. The van der Waals surface area contributed by atoms with Crippen molar-refractivity contribution in [3.63, 3.8) is 0 Å². The van der Waals surface area contributed by atoms with Crippen molar-refractivity contribution in [1.29, 1.82) is 0 Å². The molecule has 0 aromatic heterocycles. The number of hydrogen-bond donors (Lipinski definition) is 1. The smallest absolute Gasteiger partial charge is 0.193 e. The molecule has 0 aliphatic carbocycles. The first-order valence-corrected chi connectivity index (χ1v) is 9.48. The number of hydrogen-bond acceptors (Lipinski definition) is 3. The molecule has 1 atom stereocenters. The van der Waals surface area contributed by atoms with E-state index < -0.39 is 0 Å². The van der Waals surface area contributed by atoms with Crippen LogP contribution in [0, 0.1) is 5.92 Å². The van der Waals surface area contributed by atoms with Gasteiger partial charge >= 0.3 is 0 Å². The lowest BCUT2D eigenvalue weighted by atomic mass is 10.1. The van der Waals surface area contributed by atoms with Gasteiger partial charge in [0.2, 0.25) is 0 Å². The van der Waals surface area contributed by atoms with E-state index in [1.807, 2.05) is 37.4 Å². The van der Waals surface area contributed by atoms with Crippen LogP contribution in [0.25, 0.3) is 0 Å². The zero-order valence-electron chi connectivity index (χ0n) is 16.2. The molecule has 1 saturated heterocycles. The third-order valence-electron chi connectivity index (χ3n) is 4.82. The van der Waals surface area contributed by atoms with Gasteiger partial charge < -0.3 is 19.7 Å². The maximum Gasteiger partial charge on any atom is 0.193 e. The molecule has 1 aliphatic rings. The first kappa shape index (κ1) is 19.2. The summed E-state index contributed by atoms with van der Waals surface area (Å²) >= 11 is 0. The molecule has 0 saturated carbocycles. The molecule has 2 aromatic rings. The van der Waals surface area contributed by atoms with Crippen molar-refractivity contribution in [1.82, 2.24) is 10.2 Å². The van der Waals surface area contributed by atoms with Gasteiger partial charge in [0.15, 0.2) is 5.96 Å². The fourth-order valence-electron chi connectivity index (χ4n) is 3.35. The maximum absolute atomic E-state index is 5.79. The van der Waals surface area contributed by atoms with Crippen LogP contribution < -0.4 is 10.1 Å². The van der Waals surface area contributed by atoms with E-state index in [9.17, 15) is 0 Å². The van der Waals surface area contributed by atoms with Crippen LogP contribution in [0.3, 0.4) is 0 Å². The molecule has 3 rings (SSSR count). The van der Waals surface area contributed by atoms with E-state index in [0.717, 1.165) is 49.9 Å². The molecular weight excluding hydrogens is 338 g/mol. The van der Waals surface area contributed by atoms with Gasteiger partial charge in [0.05, 0.1) is 6.61 Å². The molecule has 2 aromatic carbocycles. The summed E-state index contributed by atoms with van der Waals surface area (Å²) in [5.41, 5.74) is 2.39. The number of aliphatic imine (C=N–C) groups is 1. The third-order valence-corrected chi connectivity index (χ3v) is 4.82. The zero-order valence-corrected chi connectivity index (χ0v) is 16.2. The second-order valence-corrected chi connectivity index (χ2v) is 6.88. The summed E-state index contributed by atoms with van der Waals surface area (Å²) in [6.45, 7) is 4.19. The minimum absolute atomic E-state index is 0.577. The topological polar surface area (TPSA) is 46.1 Å². The average molecular weight is 367 g/mol. The molecule has 0 bridgehead atoms. The van der Waals surface area contributed by atoms with Gasteiger partial charge in [-0.2, -0.15) is 0 Å². The minimum Gasteiger partial charge on any atom is -0.489 e. The molecular formula is C22H29N3O2. The Kier molecular flexibility index (Phi) is 7.11. The normalized spacial score (nSPS) is 17.2. The molecule has 1 aliphatic heterocycles. The van der Waals surface area contributed by atoms with Gasteiger partial charge in [0, 0.05) is 39.7 Å². The Hall–Kier alpha value is -2.53. The van der Waals surface area contributed by atoms with Gasteiger partial charge in [-0.15, -0.1) is 0 Å². The van der Waals surface area contributed by atoms with Crippen molar-refractivity contribution < 1.29 is 9.47 Å². The largest absolute Gasteiger partial charge is 0.489 e. The van der Waals surface area contributed by atoms with Crippen LogP contribution in [0.15, 0.2) is 59.6 Å². The first-order chi connectivity index (χ1) is 13.3. The molecule has 1 unspecified atom stereocenters. The molecule has 144 valence electrons. The minimum atomic E-state index is 0.577. The van der Waals surface area contributed by atoms with E-state index in [0.29, 0.717) is 12.5 Å². The Bertz CT molecular complexity index is 716. The van der Waals surface area contributed by atoms with Crippen molar-refractivity contribution in [2.24, 2.45) is 10.9 Å². The van der Waals surface area contributed by atoms with Crippen LogP contribution in [0.1, 0.15) is 17.5 Å². The number of likely N-dealkylation sites (tertiary alicyclic amines) is 1. The van der Waals surface area contributed by atoms with E-state index >= 15 is 0 Å². The van der Waals surface area contributed by atoms with Crippen LogP contribution >= 0.6 is 0 Å². The summed E-state index contributed by atoms with van der Waals surface area (Å²) in [4.78, 5) is 6.74. The summed E-state index contributed by atoms with van der Waals surface area (Å²) < 4.78 is 11.1.